The van der Waals surface area contributed by atoms with Gasteiger partial charge in [-0.05, 0) is 24.1 Å². The van der Waals surface area contributed by atoms with Crippen molar-refractivity contribution >= 4 is 5.96 Å². The second-order valence-electron chi connectivity index (χ2n) is 5.82. The molecule has 1 aromatic rings. The van der Waals surface area contributed by atoms with E-state index in [0.29, 0.717) is 0 Å². The van der Waals surface area contributed by atoms with Crippen molar-refractivity contribution in [2.45, 2.75) is 25.7 Å². The van der Waals surface area contributed by atoms with Gasteiger partial charge in [0.15, 0.2) is 17.5 Å². The smallest absolute Gasteiger partial charge is 0.191 e. The number of benzene rings is 1. The van der Waals surface area contributed by atoms with Gasteiger partial charge in [-0.25, -0.2) is 0 Å². The summed E-state index contributed by atoms with van der Waals surface area (Å²) in [5.74, 6) is 2.41. The third-order valence-electron chi connectivity index (χ3n) is 3.76. The Morgan fingerprint density at radius 1 is 1.24 bits per heavy atom. The van der Waals surface area contributed by atoms with Gasteiger partial charge in [-0.1, -0.05) is 19.9 Å². The van der Waals surface area contributed by atoms with Crippen molar-refractivity contribution in [2.24, 2.45) is 4.99 Å². The third kappa shape index (κ3) is 3.80. The van der Waals surface area contributed by atoms with E-state index in [4.69, 9.17) is 9.47 Å². The Labute approximate surface area is 126 Å². The summed E-state index contributed by atoms with van der Waals surface area (Å²) in [6.45, 7) is 7.08. The molecule has 0 unspecified atom stereocenters. The number of nitrogens with zero attached hydrogens (tertiary/aromatic N) is 1. The molecule has 1 aliphatic heterocycles. The Bertz CT molecular complexity index is 512. The van der Waals surface area contributed by atoms with Gasteiger partial charge in [0.1, 0.15) is 0 Å². The lowest BCUT2D eigenvalue weighted by Crippen LogP contribution is -2.45. The molecule has 0 fully saturated rings. The Kier molecular flexibility index (Phi) is 4.94. The SMILES string of the molecule is COc1ccc(C(C)(C)CNC2=NCCCN2)cc1OC. The van der Waals surface area contributed by atoms with Crippen molar-refractivity contribution in [3.8, 4) is 11.5 Å². The van der Waals surface area contributed by atoms with E-state index in [1.807, 2.05) is 12.1 Å². The van der Waals surface area contributed by atoms with E-state index in [2.05, 4.69) is 35.5 Å². The fourth-order valence-corrected chi connectivity index (χ4v) is 2.31. The molecule has 0 aliphatic carbocycles. The number of hydrogen-bond acceptors (Lipinski definition) is 5. The molecule has 1 aromatic carbocycles. The highest BCUT2D eigenvalue weighted by atomic mass is 16.5. The van der Waals surface area contributed by atoms with Crippen molar-refractivity contribution in [3.05, 3.63) is 23.8 Å². The van der Waals surface area contributed by atoms with Gasteiger partial charge in [0.25, 0.3) is 0 Å². The van der Waals surface area contributed by atoms with E-state index in [-0.39, 0.29) is 5.41 Å². The van der Waals surface area contributed by atoms with Gasteiger partial charge in [0.05, 0.1) is 14.2 Å². The summed E-state index contributed by atoms with van der Waals surface area (Å²) in [7, 11) is 3.31. The molecule has 0 saturated carbocycles. The van der Waals surface area contributed by atoms with Crippen LogP contribution in [0.3, 0.4) is 0 Å². The van der Waals surface area contributed by atoms with Crippen molar-refractivity contribution in [1.82, 2.24) is 10.6 Å². The molecule has 0 bridgehead atoms. The Hall–Kier alpha value is -1.91. The number of rotatable bonds is 5. The van der Waals surface area contributed by atoms with Crippen LogP contribution in [-0.4, -0.2) is 39.8 Å². The number of guanidine groups is 1. The minimum absolute atomic E-state index is 0.0405. The highest BCUT2D eigenvalue weighted by molar-refractivity contribution is 5.80. The molecule has 5 heteroatoms. The molecule has 116 valence electrons. The minimum atomic E-state index is -0.0405. The first-order chi connectivity index (χ1) is 10.1. The van der Waals surface area contributed by atoms with Crippen LogP contribution in [0.5, 0.6) is 11.5 Å². The Balaban J connectivity index is 2.09. The summed E-state index contributed by atoms with van der Waals surface area (Å²) in [6, 6.07) is 6.07. The summed E-state index contributed by atoms with van der Waals surface area (Å²) in [6.07, 6.45) is 1.10. The Morgan fingerprint density at radius 3 is 2.62 bits per heavy atom. The zero-order chi connectivity index (χ0) is 15.3. The minimum Gasteiger partial charge on any atom is -0.493 e. The molecular weight excluding hydrogens is 266 g/mol. The number of nitrogens with one attached hydrogen (secondary N) is 2. The highest BCUT2D eigenvalue weighted by Gasteiger charge is 2.23. The topological polar surface area (TPSA) is 54.9 Å². The lowest BCUT2D eigenvalue weighted by atomic mass is 9.84. The molecule has 5 nitrogen and oxygen atoms in total. The molecule has 0 amide bonds. The van der Waals surface area contributed by atoms with Gasteiger partial charge >= 0.3 is 0 Å². The molecule has 0 atom stereocenters. The van der Waals surface area contributed by atoms with Crippen LogP contribution in [0.15, 0.2) is 23.2 Å². The second-order valence-corrected chi connectivity index (χ2v) is 5.82. The first kappa shape index (κ1) is 15.5. The van der Waals surface area contributed by atoms with Crippen LogP contribution in [-0.2, 0) is 5.41 Å². The maximum Gasteiger partial charge on any atom is 0.191 e. The van der Waals surface area contributed by atoms with E-state index in [9.17, 15) is 0 Å². The first-order valence-corrected chi connectivity index (χ1v) is 7.31. The van der Waals surface area contributed by atoms with Gasteiger partial charge in [0.2, 0.25) is 0 Å². The van der Waals surface area contributed by atoms with E-state index in [1.54, 1.807) is 14.2 Å². The van der Waals surface area contributed by atoms with Crippen LogP contribution in [0, 0.1) is 0 Å². The molecule has 2 N–H and O–H groups in total. The summed E-state index contributed by atoms with van der Waals surface area (Å²) in [5, 5.41) is 6.67. The lowest BCUT2D eigenvalue weighted by molar-refractivity contribution is 0.353. The van der Waals surface area contributed by atoms with Crippen LogP contribution in [0.4, 0.5) is 0 Å². The van der Waals surface area contributed by atoms with E-state index in [0.717, 1.165) is 43.5 Å². The Morgan fingerprint density at radius 2 is 2.00 bits per heavy atom. The predicted molar refractivity (Wildman–Crippen MR) is 85.5 cm³/mol. The van der Waals surface area contributed by atoms with Crippen LogP contribution in [0.25, 0.3) is 0 Å². The lowest BCUT2D eigenvalue weighted by Gasteiger charge is -2.28. The molecule has 21 heavy (non-hydrogen) atoms. The van der Waals surface area contributed by atoms with Crippen LogP contribution in [0.2, 0.25) is 0 Å². The monoisotopic (exact) mass is 291 g/mol. The molecule has 0 radical (unpaired) electrons. The maximum atomic E-state index is 5.39. The molecular formula is C16H25N3O2. The highest BCUT2D eigenvalue weighted by Crippen LogP contribution is 2.32. The van der Waals surface area contributed by atoms with Gasteiger partial charge in [-0.2, -0.15) is 0 Å². The zero-order valence-electron chi connectivity index (χ0n) is 13.3. The van der Waals surface area contributed by atoms with E-state index >= 15 is 0 Å². The zero-order valence-corrected chi connectivity index (χ0v) is 13.3. The molecule has 0 saturated heterocycles. The normalized spacial score (nSPS) is 15.0. The first-order valence-electron chi connectivity index (χ1n) is 7.31. The second kappa shape index (κ2) is 6.70. The fraction of sp³-hybridized carbons (Fsp3) is 0.562. The summed E-state index contributed by atoms with van der Waals surface area (Å²) < 4.78 is 10.7. The van der Waals surface area contributed by atoms with Gasteiger partial charge in [-0.3, -0.25) is 4.99 Å². The average molecular weight is 291 g/mol. The quantitative estimate of drug-likeness (QED) is 0.870. The largest absolute Gasteiger partial charge is 0.493 e. The number of hydrogen-bond donors (Lipinski definition) is 2. The molecule has 0 aromatic heterocycles. The van der Waals surface area contributed by atoms with Gasteiger partial charge < -0.3 is 20.1 Å². The summed E-state index contributed by atoms with van der Waals surface area (Å²) >= 11 is 0. The van der Waals surface area contributed by atoms with Crippen molar-refractivity contribution < 1.29 is 9.47 Å². The number of methoxy groups -OCH3 is 2. The standard InChI is InChI=1S/C16H25N3O2/c1-16(2,11-19-15-17-8-5-9-18-15)12-6-7-13(20-3)14(10-12)21-4/h6-7,10H,5,8-9,11H2,1-4H3,(H2,17,18,19). The van der Waals surface area contributed by atoms with Crippen LogP contribution in [0.1, 0.15) is 25.8 Å². The van der Waals surface area contributed by atoms with Crippen molar-refractivity contribution in [1.29, 1.82) is 0 Å². The molecule has 1 heterocycles. The van der Waals surface area contributed by atoms with Crippen molar-refractivity contribution in [3.63, 3.8) is 0 Å². The summed E-state index contributed by atoms with van der Waals surface area (Å²) in [4.78, 5) is 4.44. The van der Waals surface area contributed by atoms with E-state index in [1.165, 1.54) is 5.56 Å². The number of ether oxygens (including phenoxy) is 2. The average Bonchev–Trinajstić information content (AvgIpc) is 2.53. The maximum absolute atomic E-state index is 5.39. The molecule has 0 spiro atoms. The van der Waals surface area contributed by atoms with Gasteiger partial charge in [0, 0.05) is 25.0 Å². The third-order valence-corrected chi connectivity index (χ3v) is 3.76. The van der Waals surface area contributed by atoms with Crippen molar-refractivity contribution in [2.75, 3.05) is 33.9 Å². The van der Waals surface area contributed by atoms with Gasteiger partial charge in [-0.15, -0.1) is 0 Å². The van der Waals surface area contributed by atoms with Crippen LogP contribution < -0.4 is 20.1 Å². The predicted octanol–water partition coefficient (Wildman–Crippen LogP) is 1.92. The molecule has 2 rings (SSSR count). The fourth-order valence-electron chi connectivity index (χ4n) is 2.31. The summed E-state index contributed by atoms with van der Waals surface area (Å²) in [5.41, 5.74) is 1.16. The van der Waals surface area contributed by atoms with E-state index < -0.39 is 0 Å². The molecule has 1 aliphatic rings. The van der Waals surface area contributed by atoms with Crippen LogP contribution >= 0.6 is 0 Å². The number of aliphatic imine (C=N–C) groups is 1.